The summed E-state index contributed by atoms with van der Waals surface area (Å²) in [4.78, 5) is 15.5. The molecule has 1 saturated heterocycles. The van der Waals surface area contributed by atoms with Crippen LogP contribution in [0.15, 0.2) is 24.3 Å². The summed E-state index contributed by atoms with van der Waals surface area (Å²) in [5.74, 6) is 0.0164. The third kappa shape index (κ3) is 4.06. The fraction of sp³-hybridized carbons (Fsp3) is 0.696. The van der Waals surface area contributed by atoms with Gasteiger partial charge in [-0.25, -0.2) is 4.39 Å². The van der Waals surface area contributed by atoms with Crippen molar-refractivity contribution in [2.45, 2.75) is 88.3 Å². The molecule has 1 amide bonds. The molecule has 2 aliphatic carbocycles. The predicted octanol–water partition coefficient (Wildman–Crippen LogP) is 4.98. The van der Waals surface area contributed by atoms with Gasteiger partial charge in [-0.05, 0) is 56.2 Å². The van der Waals surface area contributed by atoms with Crippen molar-refractivity contribution in [1.82, 2.24) is 4.90 Å². The van der Waals surface area contributed by atoms with Crippen LogP contribution in [0.25, 0.3) is 0 Å². The average molecular weight is 374 g/mol. The first kappa shape index (κ1) is 18.9. The highest BCUT2D eigenvalue weighted by Gasteiger charge is 2.45. The van der Waals surface area contributed by atoms with Gasteiger partial charge in [-0.1, -0.05) is 44.2 Å². The van der Waals surface area contributed by atoms with E-state index in [1.807, 2.05) is 12.1 Å². The molecule has 0 radical (unpaired) electrons. The van der Waals surface area contributed by atoms with Crippen molar-refractivity contribution in [3.63, 3.8) is 0 Å². The molecular formula is C23H32FNO2. The van der Waals surface area contributed by atoms with Crippen LogP contribution >= 0.6 is 0 Å². The quantitative estimate of drug-likeness (QED) is 0.745. The second kappa shape index (κ2) is 8.30. The monoisotopic (exact) mass is 373 g/mol. The van der Waals surface area contributed by atoms with E-state index in [9.17, 15) is 9.18 Å². The number of hydrogen-bond acceptors (Lipinski definition) is 2. The van der Waals surface area contributed by atoms with Gasteiger partial charge in [-0.3, -0.25) is 4.79 Å². The molecule has 0 aromatic heterocycles. The molecule has 3 aliphatic rings. The first-order chi connectivity index (χ1) is 13.2. The van der Waals surface area contributed by atoms with Crippen molar-refractivity contribution in [3.8, 4) is 0 Å². The second-order valence-corrected chi connectivity index (χ2v) is 8.68. The van der Waals surface area contributed by atoms with Gasteiger partial charge in [0, 0.05) is 13.1 Å². The first-order valence-corrected chi connectivity index (χ1v) is 10.9. The predicted molar refractivity (Wildman–Crippen MR) is 104 cm³/mol. The van der Waals surface area contributed by atoms with Gasteiger partial charge in [0.15, 0.2) is 0 Å². The number of likely N-dealkylation sites (tertiary alicyclic amines) is 1. The van der Waals surface area contributed by atoms with Gasteiger partial charge in [0.1, 0.15) is 5.82 Å². The summed E-state index contributed by atoms with van der Waals surface area (Å²) in [5.41, 5.74) is 0.553. The molecule has 4 heteroatoms. The largest absolute Gasteiger partial charge is 0.375 e. The number of nitrogens with zero attached hydrogens (tertiary/aromatic N) is 1. The van der Waals surface area contributed by atoms with Crippen molar-refractivity contribution in [2.75, 3.05) is 13.1 Å². The maximum atomic E-state index is 13.5. The molecule has 0 unspecified atom stereocenters. The zero-order valence-corrected chi connectivity index (χ0v) is 16.3. The van der Waals surface area contributed by atoms with E-state index in [0.29, 0.717) is 12.2 Å². The lowest BCUT2D eigenvalue weighted by molar-refractivity contribution is -0.141. The Morgan fingerprint density at radius 2 is 1.48 bits per heavy atom. The van der Waals surface area contributed by atoms with E-state index in [4.69, 9.17) is 4.74 Å². The number of rotatable bonds is 4. The van der Waals surface area contributed by atoms with Crippen LogP contribution in [-0.4, -0.2) is 36.1 Å². The molecule has 0 N–H and O–H groups in total. The standard InChI is InChI=1S/C23H32FNO2/c24-19-10-8-18(9-11-19)23(14-4-5-15-23)22(26)25-16-12-21(13-17-25)27-20-6-2-1-3-7-20/h8-11,20-21H,1-7,12-17H2. The van der Waals surface area contributed by atoms with Crippen molar-refractivity contribution in [2.24, 2.45) is 0 Å². The van der Waals surface area contributed by atoms with E-state index in [1.54, 1.807) is 0 Å². The Morgan fingerprint density at radius 1 is 0.889 bits per heavy atom. The molecule has 27 heavy (non-hydrogen) atoms. The highest BCUT2D eigenvalue weighted by molar-refractivity contribution is 5.88. The Bertz CT molecular complexity index is 624. The molecule has 3 fully saturated rings. The fourth-order valence-electron chi connectivity index (χ4n) is 5.34. The lowest BCUT2D eigenvalue weighted by Crippen LogP contribution is -2.50. The topological polar surface area (TPSA) is 29.5 Å². The maximum absolute atomic E-state index is 13.5. The van der Waals surface area contributed by atoms with Crippen molar-refractivity contribution >= 4 is 5.91 Å². The van der Waals surface area contributed by atoms with Crippen molar-refractivity contribution < 1.29 is 13.9 Å². The van der Waals surface area contributed by atoms with Crippen LogP contribution in [0.4, 0.5) is 4.39 Å². The molecule has 2 saturated carbocycles. The maximum Gasteiger partial charge on any atom is 0.233 e. The summed E-state index contributed by atoms with van der Waals surface area (Å²) in [6.45, 7) is 1.58. The van der Waals surface area contributed by atoms with Crippen LogP contribution < -0.4 is 0 Å². The molecule has 3 nitrogen and oxygen atoms in total. The zero-order valence-electron chi connectivity index (χ0n) is 16.3. The number of carbonyl (C=O) groups excluding carboxylic acids is 1. The Morgan fingerprint density at radius 3 is 2.11 bits per heavy atom. The number of carbonyl (C=O) groups is 1. The summed E-state index contributed by atoms with van der Waals surface area (Å²) in [6, 6.07) is 6.62. The highest BCUT2D eigenvalue weighted by Crippen LogP contribution is 2.43. The Kier molecular flexibility index (Phi) is 5.82. The molecule has 1 aliphatic heterocycles. The zero-order chi connectivity index (χ0) is 18.7. The smallest absolute Gasteiger partial charge is 0.233 e. The first-order valence-electron chi connectivity index (χ1n) is 10.9. The highest BCUT2D eigenvalue weighted by atomic mass is 19.1. The van der Waals surface area contributed by atoms with E-state index in [-0.39, 0.29) is 11.7 Å². The van der Waals surface area contributed by atoms with Gasteiger partial charge in [-0.15, -0.1) is 0 Å². The molecule has 0 atom stereocenters. The molecule has 1 heterocycles. The Labute approximate surface area is 162 Å². The summed E-state index contributed by atoms with van der Waals surface area (Å²) < 4.78 is 19.7. The fourth-order valence-corrected chi connectivity index (χ4v) is 5.34. The van der Waals surface area contributed by atoms with E-state index >= 15 is 0 Å². The van der Waals surface area contributed by atoms with Gasteiger partial charge >= 0.3 is 0 Å². The lowest BCUT2D eigenvalue weighted by atomic mass is 9.77. The summed E-state index contributed by atoms with van der Waals surface area (Å²) >= 11 is 0. The van der Waals surface area contributed by atoms with Gasteiger partial charge < -0.3 is 9.64 Å². The minimum absolute atomic E-state index is 0.236. The normalized spacial score (nSPS) is 24.3. The van der Waals surface area contributed by atoms with Gasteiger partial charge in [-0.2, -0.15) is 0 Å². The summed E-state index contributed by atoms with van der Waals surface area (Å²) in [6.07, 6.45) is 12.9. The summed E-state index contributed by atoms with van der Waals surface area (Å²) in [5, 5.41) is 0. The van der Waals surface area contributed by atoms with E-state index in [1.165, 1.54) is 44.2 Å². The minimum Gasteiger partial charge on any atom is -0.375 e. The van der Waals surface area contributed by atoms with E-state index in [0.717, 1.165) is 57.2 Å². The van der Waals surface area contributed by atoms with E-state index in [2.05, 4.69) is 4.90 Å². The van der Waals surface area contributed by atoms with Gasteiger partial charge in [0.2, 0.25) is 5.91 Å². The van der Waals surface area contributed by atoms with Crippen molar-refractivity contribution in [3.05, 3.63) is 35.6 Å². The Balaban J connectivity index is 1.39. The number of halogens is 1. The SMILES string of the molecule is O=C(N1CCC(OC2CCCCC2)CC1)C1(c2ccc(F)cc2)CCCC1. The molecule has 4 rings (SSSR count). The number of ether oxygens (including phenoxy) is 1. The molecule has 0 bridgehead atoms. The minimum atomic E-state index is -0.440. The van der Waals surface area contributed by atoms with Crippen LogP contribution in [-0.2, 0) is 14.9 Å². The Hall–Kier alpha value is -1.42. The molecule has 1 aromatic rings. The summed E-state index contributed by atoms with van der Waals surface area (Å²) in [7, 11) is 0. The molecule has 1 aromatic carbocycles. The van der Waals surface area contributed by atoms with Crippen LogP contribution in [0, 0.1) is 5.82 Å². The van der Waals surface area contributed by atoms with Crippen LogP contribution in [0.3, 0.4) is 0 Å². The number of hydrogen-bond donors (Lipinski definition) is 0. The molecular weight excluding hydrogens is 341 g/mol. The molecule has 0 spiro atoms. The van der Waals surface area contributed by atoms with Crippen LogP contribution in [0.1, 0.15) is 76.2 Å². The van der Waals surface area contributed by atoms with Gasteiger partial charge in [0.25, 0.3) is 0 Å². The third-order valence-electron chi connectivity index (χ3n) is 6.93. The van der Waals surface area contributed by atoms with Crippen LogP contribution in [0.2, 0.25) is 0 Å². The molecule has 148 valence electrons. The lowest BCUT2D eigenvalue weighted by Gasteiger charge is -2.39. The third-order valence-corrected chi connectivity index (χ3v) is 6.93. The van der Waals surface area contributed by atoms with Crippen molar-refractivity contribution in [1.29, 1.82) is 0 Å². The van der Waals surface area contributed by atoms with Crippen LogP contribution in [0.5, 0.6) is 0 Å². The number of amides is 1. The van der Waals surface area contributed by atoms with E-state index < -0.39 is 5.41 Å². The van der Waals surface area contributed by atoms with Gasteiger partial charge in [0.05, 0.1) is 17.6 Å². The average Bonchev–Trinajstić information content (AvgIpc) is 3.20. The number of piperidine rings is 1. The second-order valence-electron chi connectivity index (χ2n) is 8.68. The number of benzene rings is 1.